The molecule has 0 aromatic carbocycles. The lowest BCUT2D eigenvalue weighted by molar-refractivity contribution is 0.0816. The highest BCUT2D eigenvalue weighted by Gasteiger charge is 2.42. The van der Waals surface area contributed by atoms with E-state index in [1.54, 1.807) is 0 Å². The third kappa shape index (κ3) is 4.78. The highest BCUT2D eigenvalue weighted by molar-refractivity contribution is 7.85. The predicted molar refractivity (Wildman–Crippen MR) is 91.2 cm³/mol. The summed E-state index contributed by atoms with van der Waals surface area (Å²) in [6.45, 7) is 17.2. The lowest BCUT2D eigenvalue weighted by atomic mass is 9.84. The number of hydrogen-bond donors (Lipinski definition) is 0. The van der Waals surface area contributed by atoms with Gasteiger partial charge in [-0.3, -0.25) is 0 Å². The lowest BCUT2D eigenvalue weighted by Crippen LogP contribution is -2.47. The Bertz CT molecular complexity index is 388. The Morgan fingerprint density at radius 3 is 2.05 bits per heavy atom. The monoisotopic (exact) mass is 317 g/mol. The zero-order valence-electron chi connectivity index (χ0n) is 14.3. The van der Waals surface area contributed by atoms with E-state index in [-0.39, 0.29) is 9.79 Å². The van der Waals surface area contributed by atoms with E-state index in [2.05, 4.69) is 38.3 Å². The summed E-state index contributed by atoms with van der Waals surface area (Å²) in [4.78, 5) is 0. The van der Waals surface area contributed by atoms with Crippen LogP contribution >= 0.6 is 0 Å². The van der Waals surface area contributed by atoms with Crippen LogP contribution in [0.2, 0.25) is 18.1 Å². The molecule has 0 N–H and O–H groups in total. The van der Waals surface area contributed by atoms with Gasteiger partial charge in [-0.2, -0.15) is 4.40 Å². The Balaban J connectivity index is 2.41. The van der Waals surface area contributed by atoms with Crippen molar-refractivity contribution in [2.45, 2.75) is 83.4 Å². The maximum atomic E-state index is 11.8. The maximum absolute atomic E-state index is 11.8. The Morgan fingerprint density at radius 2 is 1.65 bits per heavy atom. The molecule has 20 heavy (non-hydrogen) atoms. The maximum Gasteiger partial charge on any atom is 0.192 e. The molecule has 1 rings (SSSR count). The third-order valence-corrected chi connectivity index (χ3v) is 10.2. The second-order valence-corrected chi connectivity index (χ2v) is 15.0. The summed E-state index contributed by atoms with van der Waals surface area (Å²) >= 11 is 0. The Hall–Kier alpha value is -0.00312. The first-order valence-electron chi connectivity index (χ1n) is 7.47. The van der Waals surface area contributed by atoms with Gasteiger partial charge in [-0.05, 0) is 57.7 Å². The van der Waals surface area contributed by atoms with Crippen molar-refractivity contribution in [3.8, 4) is 0 Å². The van der Waals surface area contributed by atoms with Crippen LogP contribution in [0.15, 0.2) is 4.40 Å². The van der Waals surface area contributed by atoms with Crippen molar-refractivity contribution in [3.05, 3.63) is 0 Å². The van der Waals surface area contributed by atoms with E-state index in [0.717, 1.165) is 12.8 Å². The Kier molecular flexibility index (Phi) is 5.42. The summed E-state index contributed by atoms with van der Waals surface area (Å²) in [7, 11) is -2.78. The molecule has 1 saturated carbocycles. The molecule has 0 heterocycles. The van der Waals surface area contributed by atoms with Gasteiger partial charge in [0.15, 0.2) is 8.32 Å². The average molecular weight is 318 g/mol. The molecule has 0 aromatic heterocycles. The van der Waals surface area contributed by atoms with Crippen molar-refractivity contribution in [1.82, 2.24) is 0 Å². The predicted octanol–water partition coefficient (Wildman–Crippen LogP) is 4.32. The number of nitrogens with zero attached hydrogens (tertiary/aromatic N) is 1. The van der Waals surface area contributed by atoms with Crippen LogP contribution < -0.4 is 0 Å². The minimum atomic E-state index is -1.65. The van der Waals surface area contributed by atoms with E-state index in [0.29, 0.717) is 12.0 Å². The molecule has 5 heteroatoms. The van der Waals surface area contributed by atoms with Gasteiger partial charge in [0.2, 0.25) is 0 Å². The average Bonchev–Trinajstić information content (AvgIpc) is 2.17. The van der Waals surface area contributed by atoms with Crippen LogP contribution in [0.25, 0.3) is 0 Å². The van der Waals surface area contributed by atoms with Crippen LogP contribution in [0, 0.1) is 5.92 Å². The molecule has 0 spiro atoms. The summed E-state index contributed by atoms with van der Waals surface area (Å²) in [5.41, 5.74) is 0. The molecule has 1 unspecified atom stereocenters. The van der Waals surface area contributed by atoms with Crippen LogP contribution in [-0.4, -0.2) is 29.6 Å². The Labute approximate surface area is 128 Å². The smallest absolute Gasteiger partial charge is 0.192 e. The summed E-state index contributed by atoms with van der Waals surface area (Å²) in [5.74, 6) is 0.441. The largest absolute Gasteiger partial charge is 0.414 e. The molecule has 1 fully saturated rings. The van der Waals surface area contributed by atoms with Crippen LogP contribution in [0.5, 0.6) is 0 Å². The van der Waals surface area contributed by atoms with E-state index in [9.17, 15) is 4.21 Å². The molecule has 0 saturated heterocycles. The third-order valence-electron chi connectivity index (χ3n) is 4.29. The van der Waals surface area contributed by atoms with Gasteiger partial charge in [0.25, 0.3) is 0 Å². The van der Waals surface area contributed by atoms with Crippen molar-refractivity contribution >= 4 is 25.5 Å². The van der Waals surface area contributed by atoms with E-state index in [4.69, 9.17) is 4.43 Å². The van der Waals surface area contributed by atoms with Crippen LogP contribution in [0.4, 0.5) is 0 Å². The molecule has 0 radical (unpaired) electrons. The van der Waals surface area contributed by atoms with Gasteiger partial charge in [-0.25, -0.2) is 4.21 Å². The second-order valence-electron chi connectivity index (χ2n) is 8.35. The Morgan fingerprint density at radius 1 is 1.15 bits per heavy atom. The SMILES string of the molecule is CC(C)(C)S(=O)N=CC1CC(O[Si](C)(C)C(C)(C)C)C1. The van der Waals surface area contributed by atoms with Crippen molar-refractivity contribution in [1.29, 1.82) is 0 Å². The van der Waals surface area contributed by atoms with E-state index in [1.165, 1.54) is 0 Å². The van der Waals surface area contributed by atoms with Gasteiger partial charge >= 0.3 is 0 Å². The molecular weight excluding hydrogens is 286 g/mol. The molecule has 1 aliphatic carbocycles. The molecule has 118 valence electrons. The topological polar surface area (TPSA) is 38.7 Å². The quantitative estimate of drug-likeness (QED) is 0.572. The van der Waals surface area contributed by atoms with Crippen molar-refractivity contribution in [2.75, 3.05) is 0 Å². The minimum absolute atomic E-state index is 0.264. The minimum Gasteiger partial charge on any atom is -0.414 e. The fourth-order valence-corrected chi connectivity index (χ4v) is 3.70. The molecule has 0 aromatic rings. The molecule has 1 atom stereocenters. The van der Waals surface area contributed by atoms with Crippen molar-refractivity contribution in [2.24, 2.45) is 10.3 Å². The molecule has 1 aliphatic rings. The summed E-state index contributed by atoms with van der Waals surface area (Å²) in [6.07, 6.45) is 4.30. The molecule has 0 amide bonds. The highest BCUT2D eigenvalue weighted by atomic mass is 32.2. The van der Waals surface area contributed by atoms with Crippen molar-refractivity contribution < 1.29 is 8.63 Å². The molecule has 0 aliphatic heterocycles. The first-order chi connectivity index (χ1) is 8.83. The first-order valence-corrected chi connectivity index (χ1v) is 11.5. The highest BCUT2D eigenvalue weighted by Crippen LogP contribution is 2.41. The van der Waals surface area contributed by atoms with E-state index < -0.39 is 19.3 Å². The van der Waals surface area contributed by atoms with Gasteiger partial charge in [0, 0.05) is 12.3 Å². The zero-order valence-corrected chi connectivity index (χ0v) is 16.1. The van der Waals surface area contributed by atoms with Crippen LogP contribution in [0.3, 0.4) is 0 Å². The second kappa shape index (κ2) is 6.01. The van der Waals surface area contributed by atoms with Gasteiger partial charge in [-0.15, -0.1) is 0 Å². The fourth-order valence-electron chi connectivity index (χ4n) is 1.72. The molecular formula is C15H31NO2SSi. The van der Waals surface area contributed by atoms with Crippen LogP contribution in [0.1, 0.15) is 54.4 Å². The fraction of sp³-hybridized carbons (Fsp3) is 0.933. The van der Waals surface area contributed by atoms with Gasteiger partial charge in [0.05, 0.1) is 4.75 Å². The normalized spacial score (nSPS) is 26.6. The lowest BCUT2D eigenvalue weighted by Gasteiger charge is -2.44. The van der Waals surface area contributed by atoms with Crippen molar-refractivity contribution in [3.63, 3.8) is 0 Å². The zero-order chi connectivity index (χ0) is 15.8. The number of hydrogen-bond acceptors (Lipinski definition) is 2. The van der Waals surface area contributed by atoms with Gasteiger partial charge < -0.3 is 4.43 Å². The summed E-state index contributed by atoms with van der Waals surface area (Å²) in [5, 5.41) is 0.264. The van der Waals surface area contributed by atoms with Gasteiger partial charge in [0.1, 0.15) is 11.0 Å². The summed E-state index contributed by atoms with van der Waals surface area (Å²) in [6, 6.07) is 0. The van der Waals surface area contributed by atoms with Crippen LogP contribution in [-0.2, 0) is 15.4 Å². The molecule has 3 nitrogen and oxygen atoms in total. The van der Waals surface area contributed by atoms with E-state index >= 15 is 0 Å². The van der Waals surface area contributed by atoms with E-state index in [1.807, 2.05) is 27.0 Å². The molecule has 0 bridgehead atoms. The standard InChI is InChI=1S/C15H31NO2SSi/c1-14(2,3)19(17)16-11-12-9-13(10-12)18-20(7,8)15(4,5)6/h11-13H,9-10H2,1-8H3. The number of rotatable bonds is 4. The first kappa shape index (κ1) is 18.0. The van der Waals surface area contributed by atoms with Gasteiger partial charge in [-0.1, -0.05) is 20.8 Å². The summed E-state index contributed by atoms with van der Waals surface area (Å²) < 4.78 is 22.1.